The maximum Gasteiger partial charge on any atom is 0.119 e. The number of quaternary nitrogens is 1. The highest BCUT2D eigenvalue weighted by Crippen LogP contribution is 2.04. The van der Waals surface area contributed by atoms with Gasteiger partial charge in [-0.1, -0.05) is 6.92 Å². The van der Waals surface area contributed by atoms with Gasteiger partial charge in [0.05, 0.1) is 38.9 Å². The van der Waals surface area contributed by atoms with Crippen LogP contribution in [0.25, 0.3) is 0 Å². The summed E-state index contributed by atoms with van der Waals surface area (Å²) in [5.74, 6) is 0. The number of halogens is 1. The van der Waals surface area contributed by atoms with Crippen molar-refractivity contribution in [3.63, 3.8) is 0 Å². The number of epoxide rings is 1. The van der Waals surface area contributed by atoms with Gasteiger partial charge in [0.1, 0.15) is 6.29 Å². The molecule has 1 unspecified atom stereocenters. The lowest BCUT2D eigenvalue weighted by Gasteiger charge is -2.34. The summed E-state index contributed by atoms with van der Waals surface area (Å²) < 4.78 is 5.99. The molecule has 1 rings (SSSR count). The number of hydrogen-bond donors (Lipinski definition) is 0. The average Bonchev–Trinajstić information content (AvgIpc) is 3.18. The maximum atomic E-state index is 9.40. The Hall–Kier alpha value is 0.0700. The number of aldehydes is 1. The van der Waals surface area contributed by atoms with E-state index in [2.05, 4.69) is 34.6 Å². The number of hydrogen-bond acceptors (Lipinski definition) is 2. The van der Waals surface area contributed by atoms with E-state index in [9.17, 15) is 4.79 Å². The molecule has 0 N–H and O–H groups in total. The third-order valence-corrected chi connectivity index (χ3v) is 3.59. The Morgan fingerprint density at radius 3 is 1.37 bits per heavy atom. The molecule has 0 spiro atoms. The van der Waals surface area contributed by atoms with Gasteiger partial charge in [-0.25, -0.2) is 0 Å². The Morgan fingerprint density at radius 2 is 1.37 bits per heavy atom. The van der Waals surface area contributed by atoms with Gasteiger partial charge in [0.15, 0.2) is 0 Å². The van der Waals surface area contributed by atoms with Crippen LogP contribution in [0, 0.1) is 0 Å². The van der Waals surface area contributed by atoms with Gasteiger partial charge in [-0.2, -0.15) is 0 Å². The van der Waals surface area contributed by atoms with E-state index in [-0.39, 0.29) is 17.0 Å². The molecule has 19 heavy (non-hydrogen) atoms. The molecule has 0 radical (unpaired) electrons. The zero-order valence-electron chi connectivity index (χ0n) is 13.7. The summed E-state index contributed by atoms with van der Waals surface area (Å²) in [6, 6.07) is 0. The van der Waals surface area contributed by atoms with Gasteiger partial charge >= 0.3 is 0 Å². The Kier molecular flexibility index (Phi) is 20.5. The predicted octanol–water partition coefficient (Wildman–Crippen LogP) is 0.277. The average molecular weight is 340 g/mol. The smallest absolute Gasteiger partial charge is 0.119 e. The summed E-state index contributed by atoms with van der Waals surface area (Å²) >= 11 is 0. The molecule has 0 aliphatic carbocycles. The Labute approximate surface area is 131 Å². The minimum absolute atomic E-state index is 0. The van der Waals surface area contributed by atoms with Gasteiger partial charge in [0.2, 0.25) is 0 Å². The van der Waals surface area contributed by atoms with E-state index in [1.807, 2.05) is 6.92 Å². The van der Waals surface area contributed by atoms with Crippen molar-refractivity contribution in [3.05, 3.63) is 0 Å². The van der Waals surface area contributed by atoms with Crippen LogP contribution in [0.2, 0.25) is 0 Å². The first kappa shape index (κ1) is 24.1. The van der Waals surface area contributed by atoms with E-state index in [0.29, 0.717) is 12.5 Å². The van der Waals surface area contributed by atoms with Crippen LogP contribution in [0.1, 0.15) is 54.4 Å². The van der Waals surface area contributed by atoms with Crippen LogP contribution in [0.4, 0.5) is 0 Å². The summed E-state index contributed by atoms with van der Waals surface area (Å²) in [7, 11) is 0. The number of rotatable bonds is 6. The maximum absolute atomic E-state index is 9.40. The monoisotopic (exact) mass is 339 g/mol. The lowest BCUT2D eigenvalue weighted by atomic mass is 10.3. The number of nitrogens with zero attached hydrogens (tertiary/aromatic N) is 1. The van der Waals surface area contributed by atoms with Crippen LogP contribution < -0.4 is 17.0 Å². The fourth-order valence-corrected chi connectivity index (χ4v) is 1.56. The van der Waals surface area contributed by atoms with Crippen LogP contribution in [0.5, 0.6) is 0 Å². The highest BCUT2D eigenvalue weighted by atomic mass is 79.9. The molecule has 4 heteroatoms. The molecule has 1 atom stereocenters. The van der Waals surface area contributed by atoms with Gasteiger partial charge in [-0.15, -0.1) is 0 Å². The van der Waals surface area contributed by atoms with E-state index >= 15 is 0 Å². The number of carbonyl (C=O) groups is 1. The van der Waals surface area contributed by atoms with Crippen molar-refractivity contribution in [3.8, 4) is 0 Å². The first-order valence-corrected chi connectivity index (χ1v) is 7.45. The molecule has 118 valence electrons. The van der Waals surface area contributed by atoms with Gasteiger partial charge < -0.3 is 31.0 Å². The quantitative estimate of drug-likeness (QED) is 0.395. The van der Waals surface area contributed by atoms with Crippen LogP contribution in [0.15, 0.2) is 0 Å². The first-order valence-electron chi connectivity index (χ1n) is 7.45. The van der Waals surface area contributed by atoms with Crippen molar-refractivity contribution in [2.24, 2.45) is 0 Å². The van der Waals surface area contributed by atoms with Crippen molar-refractivity contribution in [2.75, 3.05) is 32.8 Å². The van der Waals surface area contributed by atoms with Gasteiger partial charge in [0, 0.05) is 6.42 Å². The Bertz CT molecular complexity index is 163. The summed E-state index contributed by atoms with van der Waals surface area (Å²) in [6.07, 6.45) is 3.20. The van der Waals surface area contributed by atoms with Crippen molar-refractivity contribution in [1.82, 2.24) is 0 Å². The van der Waals surface area contributed by atoms with Crippen LogP contribution in [-0.2, 0) is 9.53 Å². The second kappa shape index (κ2) is 16.1. The van der Waals surface area contributed by atoms with E-state index in [1.165, 1.54) is 30.7 Å². The third kappa shape index (κ3) is 16.0. The molecule has 0 aromatic rings. The standard InChI is InChI=1S/C8H20N.C4H8O.C3H6O.BrH/c1-5-9(6-2,7-3)8-4;1-2-3-4-5;1-3-2-4-3;/h5-8H2,1-4H3;4H,2-3H2,1H3;3H,2H2,1H3;1H/q+1;;;/p-1. The zero-order chi connectivity index (χ0) is 14.4. The highest BCUT2D eigenvalue weighted by molar-refractivity contribution is 5.48. The molecular formula is C15H34BrNO2. The molecule has 1 aliphatic rings. The van der Waals surface area contributed by atoms with E-state index in [0.717, 1.165) is 19.3 Å². The first-order chi connectivity index (χ1) is 8.55. The molecule has 0 bridgehead atoms. The lowest BCUT2D eigenvalue weighted by Crippen LogP contribution is -3.00. The largest absolute Gasteiger partial charge is 1.00 e. The molecule has 0 saturated carbocycles. The fraction of sp³-hybridized carbons (Fsp3) is 0.933. The molecule has 0 amide bonds. The predicted molar refractivity (Wildman–Crippen MR) is 78.8 cm³/mol. The van der Waals surface area contributed by atoms with Crippen molar-refractivity contribution < 1.29 is 31.0 Å². The highest BCUT2D eigenvalue weighted by Gasteiger charge is 2.16. The normalized spacial score (nSPS) is 16.0. The Morgan fingerprint density at radius 1 is 1.05 bits per heavy atom. The van der Waals surface area contributed by atoms with E-state index < -0.39 is 0 Å². The Balaban J connectivity index is -0.000000216. The number of ether oxygens (including phenoxy) is 1. The van der Waals surface area contributed by atoms with Crippen LogP contribution in [0.3, 0.4) is 0 Å². The molecule has 3 nitrogen and oxygen atoms in total. The molecule has 1 aliphatic heterocycles. The molecule has 1 heterocycles. The van der Waals surface area contributed by atoms with Gasteiger partial charge in [0.25, 0.3) is 0 Å². The van der Waals surface area contributed by atoms with Crippen molar-refractivity contribution >= 4 is 6.29 Å². The third-order valence-electron chi connectivity index (χ3n) is 3.59. The van der Waals surface area contributed by atoms with Crippen LogP contribution >= 0.6 is 0 Å². The van der Waals surface area contributed by atoms with Crippen molar-refractivity contribution in [1.29, 1.82) is 0 Å². The topological polar surface area (TPSA) is 29.6 Å². The fourth-order valence-electron chi connectivity index (χ4n) is 1.56. The summed E-state index contributed by atoms with van der Waals surface area (Å²) in [6.45, 7) is 19.2. The van der Waals surface area contributed by atoms with Crippen molar-refractivity contribution in [2.45, 2.75) is 60.5 Å². The van der Waals surface area contributed by atoms with Gasteiger partial charge in [-0.3, -0.25) is 0 Å². The van der Waals surface area contributed by atoms with Gasteiger partial charge in [-0.05, 0) is 41.0 Å². The minimum Gasteiger partial charge on any atom is -1.00 e. The second-order valence-corrected chi connectivity index (χ2v) is 4.71. The minimum atomic E-state index is 0. The summed E-state index contributed by atoms with van der Waals surface area (Å²) in [5.41, 5.74) is 0. The number of unbranched alkanes of at least 4 members (excludes halogenated alkanes) is 1. The van der Waals surface area contributed by atoms with E-state index in [1.54, 1.807) is 0 Å². The molecule has 0 aromatic carbocycles. The molecule has 0 aromatic heterocycles. The molecule has 1 fully saturated rings. The second-order valence-electron chi connectivity index (χ2n) is 4.71. The SMILES string of the molecule is CC1CO1.CCCC=O.CC[N+](CC)(CC)CC.[Br-]. The number of carbonyl (C=O) groups excluding carboxylic acids is 1. The zero-order valence-corrected chi connectivity index (χ0v) is 15.3. The molecule has 1 saturated heterocycles. The summed E-state index contributed by atoms with van der Waals surface area (Å²) in [5, 5.41) is 0. The van der Waals surface area contributed by atoms with E-state index in [4.69, 9.17) is 4.74 Å². The summed E-state index contributed by atoms with van der Waals surface area (Å²) in [4.78, 5) is 9.40. The van der Waals surface area contributed by atoms with Crippen LogP contribution in [-0.4, -0.2) is 49.7 Å². The lowest BCUT2D eigenvalue weighted by molar-refractivity contribution is -0.921. The molecular weight excluding hydrogens is 306 g/mol.